The normalized spacial score (nSPS) is 18.3. The lowest BCUT2D eigenvalue weighted by Gasteiger charge is -2.31. The summed E-state index contributed by atoms with van der Waals surface area (Å²) < 4.78 is 11.1. The highest BCUT2D eigenvalue weighted by molar-refractivity contribution is 6.07. The van der Waals surface area contributed by atoms with Crippen LogP contribution in [0.5, 0.6) is 11.5 Å². The quantitative estimate of drug-likeness (QED) is 0.394. The highest BCUT2D eigenvalue weighted by Gasteiger charge is 2.27. The summed E-state index contributed by atoms with van der Waals surface area (Å²) in [6.07, 6.45) is 7.20. The molecule has 1 aromatic heterocycles. The number of nitrogens with zero attached hydrogens (tertiary/aromatic N) is 4. The Bertz CT molecular complexity index is 1210. The minimum Gasteiger partial charge on any atom is -0.497 e. The number of likely N-dealkylation sites (tertiary alicyclic amines) is 1. The molecule has 2 N–H and O–H groups in total. The molecule has 1 fully saturated rings. The second-order valence-electron chi connectivity index (χ2n) is 9.20. The Balaban J connectivity index is 1.76. The van der Waals surface area contributed by atoms with E-state index in [0.717, 1.165) is 47.0 Å². The fourth-order valence-electron chi connectivity index (χ4n) is 4.91. The van der Waals surface area contributed by atoms with Crippen molar-refractivity contribution < 1.29 is 9.47 Å². The van der Waals surface area contributed by atoms with Gasteiger partial charge >= 0.3 is 0 Å². The maximum Gasteiger partial charge on any atom is 0.124 e. The standard InChI is InChI=1S/C28H36N6O2/c1-19-6-7-20(2)33(19)10-11-34(23-12-24(35-4)15-25(13-23)36-5)22-8-9-26-27(14-22)32-28(18-31-26)21(16-29)17-30-3/h8-9,12-20,29-30H,6-7,10-11H2,1-5H3/b21-17+,29-16?/t19-,20+. The van der Waals surface area contributed by atoms with Gasteiger partial charge < -0.3 is 25.1 Å². The first-order valence-electron chi connectivity index (χ1n) is 12.4. The highest BCUT2D eigenvalue weighted by atomic mass is 16.5. The third-order valence-electron chi connectivity index (χ3n) is 6.95. The molecule has 0 saturated carbocycles. The molecular formula is C28H36N6O2. The molecule has 1 saturated heterocycles. The lowest BCUT2D eigenvalue weighted by atomic mass is 10.1. The summed E-state index contributed by atoms with van der Waals surface area (Å²) in [5.74, 6) is 1.49. The van der Waals surface area contributed by atoms with Crippen LogP contribution in [0.3, 0.4) is 0 Å². The van der Waals surface area contributed by atoms with Gasteiger partial charge in [-0.15, -0.1) is 0 Å². The van der Waals surface area contributed by atoms with Crippen LogP contribution in [0.1, 0.15) is 32.4 Å². The van der Waals surface area contributed by atoms with Crippen LogP contribution in [-0.4, -0.2) is 67.5 Å². The average molecular weight is 489 g/mol. The number of hydrogen-bond donors (Lipinski definition) is 2. The van der Waals surface area contributed by atoms with Crippen molar-refractivity contribution in [2.24, 2.45) is 0 Å². The molecule has 0 aliphatic carbocycles. The van der Waals surface area contributed by atoms with Gasteiger partial charge in [-0.1, -0.05) is 0 Å². The molecular weight excluding hydrogens is 452 g/mol. The van der Waals surface area contributed by atoms with Gasteiger partial charge in [0, 0.05) is 79.8 Å². The van der Waals surface area contributed by atoms with E-state index >= 15 is 0 Å². The average Bonchev–Trinajstić information content (AvgIpc) is 3.23. The zero-order chi connectivity index (χ0) is 25.7. The smallest absolute Gasteiger partial charge is 0.124 e. The molecule has 2 aromatic carbocycles. The molecule has 8 nitrogen and oxygen atoms in total. The van der Waals surface area contributed by atoms with Gasteiger partial charge in [0.2, 0.25) is 0 Å². The Morgan fingerprint density at radius 2 is 1.75 bits per heavy atom. The summed E-state index contributed by atoms with van der Waals surface area (Å²) in [5.41, 5.74) is 4.90. The molecule has 0 bridgehead atoms. The topological polar surface area (TPSA) is 86.6 Å². The van der Waals surface area contributed by atoms with Crippen LogP contribution in [0.15, 0.2) is 48.8 Å². The summed E-state index contributed by atoms with van der Waals surface area (Å²) in [7, 11) is 5.14. The number of anilines is 2. The van der Waals surface area contributed by atoms with Crippen LogP contribution < -0.4 is 19.7 Å². The predicted molar refractivity (Wildman–Crippen MR) is 147 cm³/mol. The molecule has 2 atom stereocenters. The number of fused-ring (bicyclic) bond motifs is 1. The molecule has 3 aromatic rings. The first-order valence-corrected chi connectivity index (χ1v) is 12.4. The van der Waals surface area contributed by atoms with Crippen molar-refractivity contribution in [1.29, 1.82) is 5.41 Å². The Hall–Kier alpha value is -3.65. The first kappa shape index (κ1) is 25.4. The number of nitrogens with one attached hydrogen (secondary N) is 2. The van der Waals surface area contributed by atoms with E-state index in [-0.39, 0.29) is 0 Å². The van der Waals surface area contributed by atoms with Crippen LogP contribution in [0.4, 0.5) is 11.4 Å². The summed E-state index contributed by atoms with van der Waals surface area (Å²) in [6.45, 7) is 6.37. The summed E-state index contributed by atoms with van der Waals surface area (Å²) in [6, 6.07) is 13.3. The van der Waals surface area contributed by atoms with Gasteiger partial charge in [-0.25, -0.2) is 4.98 Å². The summed E-state index contributed by atoms with van der Waals surface area (Å²) in [5, 5.41) is 10.7. The van der Waals surface area contributed by atoms with Crippen molar-refractivity contribution >= 4 is 34.2 Å². The lowest BCUT2D eigenvalue weighted by Crippen LogP contribution is -2.38. The van der Waals surface area contributed by atoms with E-state index in [4.69, 9.17) is 19.9 Å². The fourth-order valence-corrected chi connectivity index (χ4v) is 4.91. The van der Waals surface area contributed by atoms with E-state index in [1.54, 1.807) is 33.7 Å². The van der Waals surface area contributed by atoms with E-state index in [1.165, 1.54) is 19.1 Å². The molecule has 0 spiro atoms. The Morgan fingerprint density at radius 1 is 1.06 bits per heavy atom. The minimum absolute atomic E-state index is 0.574. The molecule has 0 radical (unpaired) electrons. The van der Waals surface area contributed by atoms with E-state index in [2.05, 4.69) is 46.1 Å². The molecule has 1 aliphatic rings. The maximum atomic E-state index is 7.74. The second-order valence-corrected chi connectivity index (χ2v) is 9.20. The van der Waals surface area contributed by atoms with Crippen LogP contribution in [-0.2, 0) is 0 Å². The van der Waals surface area contributed by atoms with Crippen molar-refractivity contribution in [1.82, 2.24) is 20.2 Å². The second kappa shape index (κ2) is 11.4. The molecule has 8 heteroatoms. The number of benzene rings is 2. The van der Waals surface area contributed by atoms with Crippen LogP contribution in [0.2, 0.25) is 0 Å². The van der Waals surface area contributed by atoms with Gasteiger partial charge in [-0.3, -0.25) is 9.88 Å². The molecule has 190 valence electrons. The minimum atomic E-state index is 0.574. The third-order valence-corrected chi connectivity index (χ3v) is 6.95. The molecule has 36 heavy (non-hydrogen) atoms. The highest BCUT2D eigenvalue weighted by Crippen LogP contribution is 2.34. The predicted octanol–water partition coefficient (Wildman–Crippen LogP) is 4.87. The number of methoxy groups -OCH3 is 2. The third kappa shape index (κ3) is 5.44. The lowest BCUT2D eigenvalue weighted by molar-refractivity contribution is 0.220. The largest absolute Gasteiger partial charge is 0.497 e. The maximum absolute atomic E-state index is 7.74. The van der Waals surface area contributed by atoms with E-state index in [1.807, 2.05) is 24.3 Å². The molecule has 0 unspecified atom stereocenters. The zero-order valence-electron chi connectivity index (χ0n) is 21.8. The first-order chi connectivity index (χ1) is 17.5. The van der Waals surface area contributed by atoms with Gasteiger partial charge in [0.15, 0.2) is 0 Å². The number of hydrogen-bond acceptors (Lipinski definition) is 8. The van der Waals surface area contributed by atoms with Crippen LogP contribution in [0, 0.1) is 5.41 Å². The van der Waals surface area contributed by atoms with Crippen molar-refractivity contribution in [3.05, 3.63) is 54.5 Å². The number of ether oxygens (including phenoxy) is 2. The SMILES string of the molecule is CN/C=C(\C=N)c1cnc2ccc(N(CCN3[C@H](C)CC[C@@H]3C)c3cc(OC)cc(OC)c3)cc2n1. The van der Waals surface area contributed by atoms with Crippen molar-refractivity contribution in [2.75, 3.05) is 39.3 Å². The summed E-state index contributed by atoms with van der Waals surface area (Å²) in [4.78, 5) is 14.3. The zero-order valence-corrected chi connectivity index (χ0v) is 21.8. The Labute approximate surface area is 213 Å². The fraction of sp³-hybridized carbons (Fsp3) is 0.393. The van der Waals surface area contributed by atoms with Crippen molar-refractivity contribution in [2.45, 2.75) is 38.8 Å². The van der Waals surface area contributed by atoms with Crippen LogP contribution in [0.25, 0.3) is 16.6 Å². The van der Waals surface area contributed by atoms with Crippen molar-refractivity contribution in [3.8, 4) is 11.5 Å². The van der Waals surface area contributed by atoms with Gasteiger partial charge in [0.1, 0.15) is 11.5 Å². The Morgan fingerprint density at radius 3 is 2.36 bits per heavy atom. The van der Waals surface area contributed by atoms with Crippen molar-refractivity contribution in [3.63, 3.8) is 0 Å². The van der Waals surface area contributed by atoms with Gasteiger partial charge in [0.25, 0.3) is 0 Å². The van der Waals surface area contributed by atoms with E-state index in [9.17, 15) is 0 Å². The Kier molecular flexibility index (Phi) is 8.05. The number of aromatic nitrogens is 2. The van der Waals surface area contributed by atoms with Crippen LogP contribution >= 0.6 is 0 Å². The molecule has 2 heterocycles. The van der Waals surface area contributed by atoms with Gasteiger partial charge in [-0.05, 0) is 44.9 Å². The van der Waals surface area contributed by atoms with E-state index in [0.29, 0.717) is 23.4 Å². The molecule has 1 aliphatic heterocycles. The number of rotatable bonds is 10. The molecule has 4 rings (SSSR count). The van der Waals surface area contributed by atoms with Gasteiger partial charge in [0.05, 0.1) is 37.1 Å². The molecule has 0 amide bonds. The van der Waals surface area contributed by atoms with Gasteiger partial charge in [-0.2, -0.15) is 0 Å². The monoisotopic (exact) mass is 488 g/mol. The van der Waals surface area contributed by atoms with E-state index < -0.39 is 0 Å². The number of allylic oxidation sites excluding steroid dienone is 1. The summed E-state index contributed by atoms with van der Waals surface area (Å²) >= 11 is 0.